The summed E-state index contributed by atoms with van der Waals surface area (Å²) in [4.78, 5) is 23.0. The van der Waals surface area contributed by atoms with E-state index in [-0.39, 0.29) is 11.7 Å². The van der Waals surface area contributed by atoms with E-state index in [1.807, 2.05) is 4.90 Å². The van der Waals surface area contributed by atoms with E-state index in [2.05, 4.69) is 14.8 Å². The summed E-state index contributed by atoms with van der Waals surface area (Å²) in [5, 5.41) is 0.989. The molecule has 1 saturated heterocycles. The number of carbonyl (C=O) groups excluding carboxylic acids is 1. The first-order chi connectivity index (χ1) is 13.2. The highest BCUT2D eigenvalue weighted by atomic mass is 19.1. The molecule has 2 aromatic rings. The Bertz CT molecular complexity index is 851. The Morgan fingerprint density at radius 2 is 1.96 bits per heavy atom. The lowest BCUT2D eigenvalue weighted by molar-refractivity contribution is -0.135. The van der Waals surface area contributed by atoms with E-state index in [0.717, 1.165) is 68.3 Å². The third kappa shape index (κ3) is 3.25. The van der Waals surface area contributed by atoms with E-state index >= 15 is 0 Å². The number of hydrogen-bond donors (Lipinski definition) is 1. The predicted octanol–water partition coefficient (Wildman–Crippen LogP) is 2.36. The lowest BCUT2D eigenvalue weighted by Gasteiger charge is -2.43. The zero-order valence-corrected chi connectivity index (χ0v) is 15.7. The number of rotatable bonds is 3. The van der Waals surface area contributed by atoms with Crippen molar-refractivity contribution in [1.82, 2.24) is 19.7 Å². The summed E-state index contributed by atoms with van der Waals surface area (Å²) in [6.45, 7) is 5.83. The van der Waals surface area contributed by atoms with Crippen LogP contribution < -0.4 is 0 Å². The van der Waals surface area contributed by atoms with Gasteiger partial charge in [0.15, 0.2) is 0 Å². The first kappa shape index (κ1) is 17.2. The van der Waals surface area contributed by atoms with Crippen molar-refractivity contribution >= 4 is 16.8 Å². The molecule has 0 radical (unpaired) electrons. The number of H-pyrrole nitrogens is 1. The second kappa shape index (κ2) is 6.91. The maximum atomic E-state index is 13.6. The van der Waals surface area contributed by atoms with E-state index in [9.17, 15) is 9.18 Å². The maximum Gasteiger partial charge on any atom is 0.236 e. The predicted molar refractivity (Wildman–Crippen MR) is 103 cm³/mol. The van der Waals surface area contributed by atoms with Gasteiger partial charge in [-0.1, -0.05) is 6.42 Å². The molecular formula is C21H27FN4O. The van der Waals surface area contributed by atoms with Gasteiger partial charge in [-0.05, 0) is 43.0 Å². The Morgan fingerprint density at radius 3 is 2.70 bits per heavy atom. The smallest absolute Gasteiger partial charge is 0.236 e. The highest BCUT2D eigenvalue weighted by Gasteiger charge is 2.30. The van der Waals surface area contributed by atoms with E-state index in [4.69, 9.17) is 0 Å². The summed E-state index contributed by atoms with van der Waals surface area (Å²) in [5.41, 5.74) is 3.33. The quantitative estimate of drug-likeness (QED) is 0.902. The molecule has 0 bridgehead atoms. The first-order valence-electron chi connectivity index (χ1n) is 10.2. The normalized spacial score (nSPS) is 22.0. The fraction of sp³-hybridized carbons (Fsp3) is 0.571. The van der Waals surface area contributed by atoms with Gasteiger partial charge in [-0.2, -0.15) is 0 Å². The highest BCUT2D eigenvalue weighted by molar-refractivity contribution is 5.85. The monoisotopic (exact) mass is 370 g/mol. The van der Waals surface area contributed by atoms with Gasteiger partial charge in [-0.15, -0.1) is 0 Å². The van der Waals surface area contributed by atoms with E-state index < -0.39 is 0 Å². The largest absolute Gasteiger partial charge is 0.357 e. The van der Waals surface area contributed by atoms with Gasteiger partial charge in [-0.25, -0.2) is 4.39 Å². The molecule has 3 aliphatic rings. The van der Waals surface area contributed by atoms with Crippen LogP contribution in [0.4, 0.5) is 4.39 Å². The molecule has 27 heavy (non-hydrogen) atoms. The van der Waals surface area contributed by atoms with E-state index in [1.54, 1.807) is 12.1 Å². The Balaban J connectivity index is 1.20. The molecule has 1 aromatic carbocycles. The van der Waals surface area contributed by atoms with Gasteiger partial charge in [0, 0.05) is 61.9 Å². The molecule has 2 aliphatic heterocycles. The van der Waals surface area contributed by atoms with Crippen molar-refractivity contribution in [2.75, 3.05) is 39.3 Å². The van der Waals surface area contributed by atoms with Gasteiger partial charge >= 0.3 is 0 Å². The summed E-state index contributed by atoms with van der Waals surface area (Å²) in [6.07, 6.45) is 4.89. The second-order valence-corrected chi connectivity index (χ2v) is 8.23. The van der Waals surface area contributed by atoms with Gasteiger partial charge in [-0.3, -0.25) is 14.6 Å². The van der Waals surface area contributed by atoms with Crippen LogP contribution in [0.25, 0.3) is 10.9 Å². The third-order valence-corrected chi connectivity index (χ3v) is 6.63. The van der Waals surface area contributed by atoms with Crippen LogP contribution in [0.3, 0.4) is 0 Å². The molecule has 0 atom stereocenters. The Morgan fingerprint density at radius 1 is 1.15 bits per heavy atom. The topological polar surface area (TPSA) is 42.6 Å². The molecule has 0 spiro atoms. The number of aromatic nitrogens is 1. The van der Waals surface area contributed by atoms with Crippen LogP contribution in [0, 0.1) is 5.82 Å². The molecular weight excluding hydrogens is 343 g/mol. The number of benzene rings is 1. The molecule has 5 rings (SSSR count). The Hall–Kier alpha value is -1.92. The van der Waals surface area contributed by atoms with Crippen molar-refractivity contribution in [3.63, 3.8) is 0 Å². The van der Waals surface area contributed by atoms with Crippen molar-refractivity contribution in [2.45, 2.75) is 38.3 Å². The molecule has 5 nitrogen and oxygen atoms in total. The van der Waals surface area contributed by atoms with Gasteiger partial charge in [0.25, 0.3) is 0 Å². The summed E-state index contributed by atoms with van der Waals surface area (Å²) in [5.74, 6) is 0.0526. The Kier molecular flexibility index (Phi) is 4.40. The zero-order chi connectivity index (χ0) is 18.4. The average molecular weight is 370 g/mol. The average Bonchev–Trinajstić information content (AvgIpc) is 2.98. The van der Waals surface area contributed by atoms with Gasteiger partial charge < -0.3 is 9.88 Å². The molecule has 1 aliphatic carbocycles. The highest BCUT2D eigenvalue weighted by Crippen LogP contribution is 2.28. The van der Waals surface area contributed by atoms with Crippen LogP contribution in [0.1, 0.15) is 30.5 Å². The maximum absolute atomic E-state index is 13.6. The number of halogens is 1. The molecule has 1 amide bonds. The fourth-order valence-electron chi connectivity index (χ4n) is 4.78. The standard InChI is InChI=1S/C21H27FN4O/c22-15-4-5-19-18(12-15)17-6-7-24(13-20(17)23-19)14-21(27)26-10-8-25(9-11-26)16-2-1-3-16/h4-5,12,16,23H,1-3,6-11,13-14H2. The fourth-order valence-corrected chi connectivity index (χ4v) is 4.78. The van der Waals surface area contributed by atoms with Crippen LogP contribution in [0.5, 0.6) is 0 Å². The van der Waals surface area contributed by atoms with Crippen molar-refractivity contribution in [1.29, 1.82) is 0 Å². The Labute approximate surface area is 159 Å². The number of aromatic amines is 1. The number of nitrogens with one attached hydrogen (secondary N) is 1. The van der Waals surface area contributed by atoms with Crippen LogP contribution in [-0.2, 0) is 17.8 Å². The lowest BCUT2D eigenvalue weighted by atomic mass is 9.91. The number of carbonyl (C=O) groups is 1. The van der Waals surface area contributed by atoms with Crippen molar-refractivity contribution in [3.05, 3.63) is 35.3 Å². The SMILES string of the molecule is O=C(CN1CCc2c([nH]c3ccc(F)cc23)C1)N1CCN(C2CCC2)CC1. The number of hydrogen-bond acceptors (Lipinski definition) is 3. The van der Waals surface area contributed by atoms with Crippen LogP contribution in [0.15, 0.2) is 18.2 Å². The van der Waals surface area contributed by atoms with Gasteiger partial charge in [0.1, 0.15) is 5.82 Å². The summed E-state index contributed by atoms with van der Waals surface area (Å²) in [7, 11) is 0. The minimum absolute atomic E-state index is 0.192. The molecule has 6 heteroatoms. The van der Waals surface area contributed by atoms with Crippen molar-refractivity contribution in [3.8, 4) is 0 Å². The van der Waals surface area contributed by atoms with E-state index in [0.29, 0.717) is 6.54 Å². The molecule has 1 aromatic heterocycles. The van der Waals surface area contributed by atoms with E-state index in [1.165, 1.54) is 30.9 Å². The zero-order valence-electron chi connectivity index (χ0n) is 15.7. The number of nitrogens with zero attached hydrogens (tertiary/aromatic N) is 3. The van der Waals surface area contributed by atoms with Crippen molar-refractivity contribution < 1.29 is 9.18 Å². The summed E-state index contributed by atoms with van der Waals surface area (Å²) >= 11 is 0. The third-order valence-electron chi connectivity index (χ3n) is 6.63. The number of amides is 1. The minimum Gasteiger partial charge on any atom is -0.357 e. The molecule has 1 N–H and O–H groups in total. The molecule has 2 fully saturated rings. The number of piperazine rings is 1. The lowest BCUT2D eigenvalue weighted by Crippen LogP contribution is -2.55. The molecule has 3 heterocycles. The van der Waals surface area contributed by atoms with Crippen LogP contribution in [-0.4, -0.2) is 70.9 Å². The van der Waals surface area contributed by atoms with Crippen LogP contribution in [0.2, 0.25) is 0 Å². The minimum atomic E-state index is -0.192. The molecule has 0 unspecified atom stereocenters. The molecule has 144 valence electrons. The molecule has 1 saturated carbocycles. The van der Waals surface area contributed by atoms with Crippen molar-refractivity contribution in [2.24, 2.45) is 0 Å². The second-order valence-electron chi connectivity index (χ2n) is 8.23. The number of fused-ring (bicyclic) bond motifs is 3. The van der Waals surface area contributed by atoms with Gasteiger partial charge in [0.05, 0.1) is 6.54 Å². The first-order valence-corrected chi connectivity index (χ1v) is 10.2. The van der Waals surface area contributed by atoms with Crippen LogP contribution >= 0.6 is 0 Å². The summed E-state index contributed by atoms with van der Waals surface area (Å²) in [6, 6.07) is 5.69. The van der Waals surface area contributed by atoms with Gasteiger partial charge in [0.2, 0.25) is 5.91 Å². The summed E-state index contributed by atoms with van der Waals surface area (Å²) < 4.78 is 13.6.